The molecule has 0 atom stereocenters. The second-order valence-corrected chi connectivity index (χ2v) is 4.59. The molecular weight excluding hydrogens is 309 g/mol. The molecule has 21 heavy (non-hydrogen) atoms. The minimum absolute atomic E-state index is 0. The lowest BCUT2D eigenvalue weighted by Crippen LogP contribution is -1.82. The van der Waals surface area contributed by atoms with Crippen molar-refractivity contribution in [1.29, 1.82) is 0 Å². The average Bonchev–Trinajstić information content (AvgIpc) is 2.90. The Morgan fingerprint density at radius 1 is 0.952 bits per heavy atom. The molecule has 108 valence electrons. The quantitative estimate of drug-likeness (QED) is 0.673. The van der Waals surface area contributed by atoms with Crippen LogP contribution < -0.4 is 4.74 Å². The molecule has 0 aliphatic rings. The van der Waals surface area contributed by atoms with Gasteiger partial charge in [0.25, 0.3) is 0 Å². The van der Waals surface area contributed by atoms with Crippen molar-refractivity contribution in [2.45, 2.75) is 0 Å². The Hall–Kier alpha value is -1.97. The molecule has 0 saturated heterocycles. The van der Waals surface area contributed by atoms with Crippen molar-refractivity contribution in [3.63, 3.8) is 0 Å². The maximum Gasteiger partial charge on any atom is 0.228 e. The Labute approximate surface area is 133 Å². The van der Waals surface area contributed by atoms with Crippen LogP contribution in [0.2, 0.25) is 5.15 Å². The van der Waals surface area contributed by atoms with E-state index in [4.69, 9.17) is 20.8 Å². The van der Waals surface area contributed by atoms with Crippen LogP contribution in [0.15, 0.2) is 59.0 Å². The second kappa shape index (κ2) is 6.66. The lowest BCUT2D eigenvalue weighted by atomic mass is 10.2. The summed E-state index contributed by atoms with van der Waals surface area (Å²) in [7, 11) is 1.63. The summed E-state index contributed by atoms with van der Waals surface area (Å²) < 4.78 is 10.9. The molecule has 0 saturated carbocycles. The van der Waals surface area contributed by atoms with Gasteiger partial charge in [-0.05, 0) is 24.3 Å². The van der Waals surface area contributed by atoms with Gasteiger partial charge in [-0.25, -0.2) is 0 Å². The molecule has 5 heteroatoms. The van der Waals surface area contributed by atoms with E-state index in [-0.39, 0.29) is 12.4 Å². The highest BCUT2D eigenvalue weighted by atomic mass is 35.5. The molecule has 1 heterocycles. The van der Waals surface area contributed by atoms with E-state index in [1.165, 1.54) is 0 Å². The zero-order chi connectivity index (χ0) is 13.9. The number of ether oxygens (including phenoxy) is 1. The Balaban J connectivity index is 0.00000161. The third-order valence-corrected chi connectivity index (χ3v) is 3.21. The van der Waals surface area contributed by atoms with Gasteiger partial charge in [0, 0.05) is 11.1 Å². The fourth-order valence-electron chi connectivity index (χ4n) is 1.93. The van der Waals surface area contributed by atoms with E-state index in [0.29, 0.717) is 16.8 Å². The van der Waals surface area contributed by atoms with Gasteiger partial charge in [-0.1, -0.05) is 41.9 Å². The Kier molecular flexibility index (Phi) is 4.89. The fraction of sp³-hybridized carbons (Fsp3) is 0.0625. The summed E-state index contributed by atoms with van der Waals surface area (Å²) in [6.07, 6.45) is 0. The number of nitrogens with zero attached hydrogens (tertiary/aromatic N) is 1. The molecule has 3 nitrogen and oxygen atoms in total. The molecule has 0 amide bonds. The second-order valence-electron chi connectivity index (χ2n) is 4.23. The molecule has 2 aromatic carbocycles. The largest absolute Gasteiger partial charge is 0.497 e. The van der Waals surface area contributed by atoms with Crippen LogP contribution >= 0.6 is 24.0 Å². The van der Waals surface area contributed by atoms with Crippen molar-refractivity contribution in [1.82, 2.24) is 4.98 Å². The first-order valence-corrected chi connectivity index (χ1v) is 6.52. The van der Waals surface area contributed by atoms with Gasteiger partial charge in [-0.2, -0.15) is 4.98 Å². The van der Waals surface area contributed by atoms with E-state index in [2.05, 4.69) is 4.98 Å². The molecule has 1 aromatic heterocycles. The summed E-state index contributed by atoms with van der Waals surface area (Å²) in [6, 6.07) is 17.2. The highest BCUT2D eigenvalue weighted by Crippen LogP contribution is 2.33. The minimum atomic E-state index is 0. The summed E-state index contributed by atoms with van der Waals surface area (Å²) in [5.74, 6) is 1.87. The van der Waals surface area contributed by atoms with Crippen LogP contribution in [0, 0.1) is 0 Å². The van der Waals surface area contributed by atoms with Crippen molar-refractivity contribution in [3.8, 4) is 28.5 Å². The van der Waals surface area contributed by atoms with E-state index in [9.17, 15) is 0 Å². The highest BCUT2D eigenvalue weighted by molar-refractivity contribution is 6.31. The molecule has 0 fully saturated rings. The molecule has 3 rings (SSSR count). The number of rotatable bonds is 3. The first-order chi connectivity index (χ1) is 9.78. The number of benzene rings is 2. The zero-order valence-electron chi connectivity index (χ0n) is 11.2. The first-order valence-electron chi connectivity index (χ1n) is 6.14. The number of methoxy groups -OCH3 is 1. The van der Waals surface area contributed by atoms with Gasteiger partial charge >= 0.3 is 0 Å². The third kappa shape index (κ3) is 3.20. The van der Waals surface area contributed by atoms with E-state index < -0.39 is 0 Å². The van der Waals surface area contributed by atoms with Crippen molar-refractivity contribution in [3.05, 3.63) is 59.8 Å². The van der Waals surface area contributed by atoms with Crippen molar-refractivity contribution >= 4 is 24.0 Å². The third-order valence-electron chi connectivity index (χ3n) is 2.96. The van der Waals surface area contributed by atoms with Crippen molar-refractivity contribution in [2.24, 2.45) is 0 Å². The van der Waals surface area contributed by atoms with Crippen molar-refractivity contribution in [2.75, 3.05) is 7.11 Å². The highest BCUT2D eigenvalue weighted by Gasteiger charge is 2.14. The number of aromatic nitrogens is 1. The summed E-state index contributed by atoms with van der Waals surface area (Å²) in [5.41, 5.74) is 1.76. The minimum Gasteiger partial charge on any atom is -0.497 e. The molecule has 3 aromatic rings. The SMILES string of the molecule is COc1ccc(-c2nc(Cl)c(-c3ccccc3)o2)cc1.Cl. The number of halogens is 2. The summed E-state index contributed by atoms with van der Waals surface area (Å²) in [6.45, 7) is 0. The molecule has 0 spiro atoms. The van der Waals surface area contributed by atoms with Gasteiger partial charge in [-0.15, -0.1) is 12.4 Å². The first kappa shape index (κ1) is 15.4. The van der Waals surface area contributed by atoms with E-state index >= 15 is 0 Å². The van der Waals surface area contributed by atoms with Gasteiger partial charge in [0.1, 0.15) is 5.75 Å². The lowest BCUT2D eigenvalue weighted by molar-refractivity contribution is 0.415. The van der Waals surface area contributed by atoms with Crippen LogP contribution in [-0.4, -0.2) is 12.1 Å². The average molecular weight is 322 g/mol. The maximum atomic E-state index is 6.16. The van der Waals surface area contributed by atoms with Crippen LogP contribution in [0.3, 0.4) is 0 Å². The van der Waals surface area contributed by atoms with Crippen LogP contribution in [0.5, 0.6) is 5.75 Å². The van der Waals surface area contributed by atoms with E-state index in [0.717, 1.165) is 16.9 Å². The number of hydrogen-bond donors (Lipinski definition) is 0. The number of hydrogen-bond acceptors (Lipinski definition) is 3. The molecule has 0 radical (unpaired) electrons. The molecule has 0 aliphatic carbocycles. The van der Waals surface area contributed by atoms with Gasteiger partial charge in [0.2, 0.25) is 5.89 Å². The standard InChI is InChI=1S/C16H12ClNO2.ClH/c1-19-13-9-7-12(8-10-13)16-18-15(17)14(20-16)11-5-3-2-4-6-11;/h2-10H,1H3;1H. The normalized spacial score (nSPS) is 10.0. The monoisotopic (exact) mass is 321 g/mol. The predicted molar refractivity (Wildman–Crippen MR) is 86.2 cm³/mol. The van der Waals surface area contributed by atoms with Gasteiger partial charge in [-0.3, -0.25) is 0 Å². The Morgan fingerprint density at radius 2 is 1.62 bits per heavy atom. The van der Waals surface area contributed by atoms with Crippen LogP contribution in [0.25, 0.3) is 22.8 Å². The van der Waals surface area contributed by atoms with Gasteiger partial charge < -0.3 is 9.15 Å². The fourth-order valence-corrected chi connectivity index (χ4v) is 2.15. The van der Waals surface area contributed by atoms with E-state index in [1.807, 2.05) is 54.6 Å². The smallest absolute Gasteiger partial charge is 0.228 e. The van der Waals surface area contributed by atoms with Gasteiger partial charge in [0.05, 0.1) is 7.11 Å². The molecule has 0 unspecified atom stereocenters. The predicted octanol–water partition coefficient (Wildman–Crippen LogP) is 5.09. The number of oxazole rings is 1. The Morgan fingerprint density at radius 3 is 2.24 bits per heavy atom. The van der Waals surface area contributed by atoms with Crippen LogP contribution in [0.4, 0.5) is 0 Å². The summed E-state index contributed by atoms with van der Waals surface area (Å²) in [4.78, 5) is 4.27. The van der Waals surface area contributed by atoms with Crippen molar-refractivity contribution < 1.29 is 9.15 Å². The molecule has 0 aliphatic heterocycles. The summed E-state index contributed by atoms with van der Waals surface area (Å²) >= 11 is 6.16. The van der Waals surface area contributed by atoms with E-state index in [1.54, 1.807) is 7.11 Å². The van der Waals surface area contributed by atoms with Crippen LogP contribution in [0.1, 0.15) is 0 Å². The van der Waals surface area contributed by atoms with Gasteiger partial charge in [0.15, 0.2) is 10.9 Å². The lowest BCUT2D eigenvalue weighted by Gasteiger charge is -1.99. The molecular formula is C16H13Cl2NO2. The molecule has 0 N–H and O–H groups in total. The summed E-state index contributed by atoms with van der Waals surface area (Å²) in [5, 5.41) is 0.363. The molecule has 0 bridgehead atoms. The Bertz CT molecular complexity index is 709. The maximum absolute atomic E-state index is 6.16. The topological polar surface area (TPSA) is 35.3 Å². The van der Waals surface area contributed by atoms with Crippen LogP contribution in [-0.2, 0) is 0 Å². The zero-order valence-corrected chi connectivity index (χ0v) is 12.8.